The van der Waals surface area contributed by atoms with Gasteiger partial charge in [0, 0.05) is 19.5 Å². The van der Waals surface area contributed by atoms with Crippen molar-refractivity contribution in [3.8, 4) is 0 Å². The molecule has 12 heavy (non-hydrogen) atoms. The molecule has 0 aromatic rings. The van der Waals surface area contributed by atoms with Gasteiger partial charge >= 0.3 is 0 Å². The Morgan fingerprint density at radius 1 is 0.500 bits per heavy atom. The number of rotatable bonds is 0. The van der Waals surface area contributed by atoms with Crippen LogP contribution < -0.4 is 0 Å². The van der Waals surface area contributed by atoms with Crippen molar-refractivity contribution in [2.24, 2.45) is 0 Å². The summed E-state index contributed by atoms with van der Waals surface area (Å²) in [5.41, 5.74) is 0. The molecule has 0 N–H and O–H groups in total. The first kappa shape index (κ1) is 10.4. The molecule has 0 atom stereocenters. The second kappa shape index (κ2) is 4.56. The summed E-state index contributed by atoms with van der Waals surface area (Å²) in [4.78, 5) is 3.59. The Labute approximate surface area is 93.7 Å². The van der Waals surface area contributed by atoms with E-state index >= 15 is 0 Å². The zero-order valence-corrected chi connectivity index (χ0v) is 9.73. The maximum absolute atomic E-state index is 5.12. The van der Waals surface area contributed by atoms with Gasteiger partial charge in [-0.15, -0.1) is 0 Å². The van der Waals surface area contributed by atoms with Crippen LogP contribution in [0.4, 0.5) is 0 Å². The van der Waals surface area contributed by atoms with Crippen molar-refractivity contribution < 1.29 is 0 Å². The molecule has 0 unspecified atom stereocenters. The van der Waals surface area contributed by atoms with Gasteiger partial charge in [-0.1, -0.05) is 48.9 Å². The van der Waals surface area contributed by atoms with E-state index in [1.807, 2.05) is 0 Å². The van der Waals surface area contributed by atoms with Gasteiger partial charge in [-0.3, -0.25) is 0 Å². The largest absolute Gasteiger partial charge is 0.0837 e. The molecule has 0 saturated heterocycles. The highest BCUT2D eigenvalue weighted by molar-refractivity contribution is 7.90. The van der Waals surface area contributed by atoms with E-state index in [1.165, 1.54) is 0 Å². The molecule has 64 valence electrons. The van der Waals surface area contributed by atoms with Crippen LogP contribution in [0.25, 0.3) is 0 Å². The Kier molecular flexibility index (Phi) is 3.96. The summed E-state index contributed by atoms with van der Waals surface area (Å²) in [5.74, 6) is 0. The van der Waals surface area contributed by atoms with Gasteiger partial charge in [0.15, 0.2) is 0 Å². The van der Waals surface area contributed by atoms with Crippen LogP contribution in [0.3, 0.4) is 0 Å². The van der Waals surface area contributed by atoms with Gasteiger partial charge in [-0.2, -0.15) is 0 Å². The summed E-state index contributed by atoms with van der Waals surface area (Å²) < 4.78 is 0. The normalized spacial score (nSPS) is 20.7. The van der Waals surface area contributed by atoms with Crippen LogP contribution in [0.15, 0.2) is 0 Å². The van der Waals surface area contributed by atoms with Crippen molar-refractivity contribution >= 4 is 68.3 Å². The fourth-order valence-corrected chi connectivity index (χ4v) is 1.83. The average molecular weight is 232 g/mol. The number of thiocarbonyl (C=S) groups is 4. The second-order valence-electron chi connectivity index (χ2n) is 2.69. The molecule has 0 aromatic heterocycles. The second-order valence-corrected chi connectivity index (χ2v) is 4.66. The molecule has 0 spiro atoms. The van der Waals surface area contributed by atoms with Crippen molar-refractivity contribution in [1.82, 2.24) is 0 Å². The van der Waals surface area contributed by atoms with Gasteiger partial charge in [0.2, 0.25) is 0 Å². The maximum Gasteiger partial charge on any atom is 0.0295 e. The molecule has 0 amide bonds. The van der Waals surface area contributed by atoms with E-state index in [0.29, 0.717) is 0 Å². The SMILES string of the molecule is S=C1CCC(=S)C(=S)CCC1=S. The standard InChI is InChI=1S/C8H8S4/c9-5-1-2-6(10)8(12)4-3-7(5)11/h1-4H2. The highest BCUT2D eigenvalue weighted by Gasteiger charge is 2.14. The summed E-state index contributed by atoms with van der Waals surface area (Å²) in [7, 11) is 0. The predicted octanol–water partition coefficient (Wildman–Crippen LogP) is 3.04. The molecule has 4 heteroatoms. The molecule has 1 fully saturated rings. The van der Waals surface area contributed by atoms with Crippen molar-refractivity contribution in [1.29, 1.82) is 0 Å². The molecule has 0 aromatic carbocycles. The summed E-state index contributed by atoms with van der Waals surface area (Å²) in [6, 6.07) is 0. The quantitative estimate of drug-likeness (QED) is 0.588. The van der Waals surface area contributed by atoms with Crippen molar-refractivity contribution in [3.05, 3.63) is 0 Å². The zero-order valence-electron chi connectivity index (χ0n) is 6.46. The van der Waals surface area contributed by atoms with Crippen molar-refractivity contribution in [2.45, 2.75) is 25.7 Å². The van der Waals surface area contributed by atoms with Crippen molar-refractivity contribution in [2.75, 3.05) is 0 Å². The Morgan fingerprint density at radius 3 is 0.833 bits per heavy atom. The Bertz CT molecular complexity index is 208. The summed E-state index contributed by atoms with van der Waals surface area (Å²) >= 11 is 20.5. The van der Waals surface area contributed by atoms with E-state index in [0.717, 1.165) is 45.1 Å². The van der Waals surface area contributed by atoms with E-state index in [-0.39, 0.29) is 0 Å². The smallest absolute Gasteiger partial charge is 0.0295 e. The summed E-state index contributed by atoms with van der Waals surface area (Å²) in [6.45, 7) is 0. The Balaban J connectivity index is 2.69. The molecule has 0 aliphatic heterocycles. The Hall–Kier alpha value is 0.360. The summed E-state index contributed by atoms with van der Waals surface area (Å²) in [6.07, 6.45) is 3.25. The highest BCUT2D eigenvalue weighted by Crippen LogP contribution is 2.11. The van der Waals surface area contributed by atoms with Crippen LogP contribution >= 0.6 is 48.9 Å². The molecule has 0 bridgehead atoms. The predicted molar refractivity (Wildman–Crippen MR) is 68.9 cm³/mol. The van der Waals surface area contributed by atoms with E-state index in [4.69, 9.17) is 48.9 Å². The lowest BCUT2D eigenvalue weighted by molar-refractivity contribution is 1.14. The molecule has 1 saturated carbocycles. The molecule has 1 aliphatic rings. The van der Waals surface area contributed by atoms with Gasteiger partial charge < -0.3 is 0 Å². The third-order valence-corrected chi connectivity index (χ3v) is 3.84. The van der Waals surface area contributed by atoms with Crippen LogP contribution in [0, 0.1) is 0 Å². The molecular formula is C8H8S4. The van der Waals surface area contributed by atoms with Crippen LogP contribution in [-0.4, -0.2) is 19.5 Å². The Morgan fingerprint density at radius 2 is 0.667 bits per heavy atom. The van der Waals surface area contributed by atoms with Gasteiger partial charge in [0.05, 0.1) is 0 Å². The molecule has 1 aliphatic carbocycles. The van der Waals surface area contributed by atoms with E-state index in [2.05, 4.69) is 0 Å². The fourth-order valence-electron chi connectivity index (χ4n) is 1.01. The van der Waals surface area contributed by atoms with Gasteiger partial charge in [-0.25, -0.2) is 0 Å². The lowest BCUT2D eigenvalue weighted by atomic mass is 10.0. The average Bonchev–Trinajstić information content (AvgIpc) is 2.07. The topological polar surface area (TPSA) is 0 Å². The van der Waals surface area contributed by atoms with Crippen LogP contribution in [-0.2, 0) is 0 Å². The van der Waals surface area contributed by atoms with Gasteiger partial charge in [0.25, 0.3) is 0 Å². The lowest BCUT2D eigenvalue weighted by Gasteiger charge is -2.12. The first-order chi connectivity index (χ1) is 5.61. The monoisotopic (exact) mass is 232 g/mol. The lowest BCUT2D eigenvalue weighted by Crippen LogP contribution is -2.20. The highest BCUT2D eigenvalue weighted by atomic mass is 32.1. The number of hydrogen-bond acceptors (Lipinski definition) is 4. The third-order valence-electron chi connectivity index (χ3n) is 1.78. The molecule has 1 rings (SSSR count). The van der Waals surface area contributed by atoms with Crippen LogP contribution in [0.5, 0.6) is 0 Å². The van der Waals surface area contributed by atoms with Crippen LogP contribution in [0.2, 0.25) is 0 Å². The van der Waals surface area contributed by atoms with E-state index in [1.54, 1.807) is 0 Å². The molecule has 0 radical (unpaired) electrons. The third kappa shape index (κ3) is 2.69. The number of hydrogen-bond donors (Lipinski definition) is 0. The van der Waals surface area contributed by atoms with Gasteiger partial charge in [0.1, 0.15) is 0 Å². The van der Waals surface area contributed by atoms with E-state index in [9.17, 15) is 0 Å². The summed E-state index contributed by atoms with van der Waals surface area (Å²) in [5, 5.41) is 0. The zero-order chi connectivity index (χ0) is 9.14. The van der Waals surface area contributed by atoms with Gasteiger partial charge in [-0.05, 0) is 25.7 Å². The maximum atomic E-state index is 5.12. The first-order valence-electron chi connectivity index (χ1n) is 3.73. The minimum absolute atomic E-state index is 0.813. The van der Waals surface area contributed by atoms with Crippen molar-refractivity contribution in [3.63, 3.8) is 0 Å². The minimum Gasteiger partial charge on any atom is -0.0837 e. The first-order valence-corrected chi connectivity index (χ1v) is 5.36. The fraction of sp³-hybridized carbons (Fsp3) is 0.500. The molecule has 0 heterocycles. The molecular weight excluding hydrogens is 224 g/mol. The van der Waals surface area contributed by atoms with E-state index < -0.39 is 0 Å². The minimum atomic E-state index is 0.813. The van der Waals surface area contributed by atoms with Crippen LogP contribution in [0.1, 0.15) is 25.7 Å². The molecule has 0 nitrogen and oxygen atoms in total.